The molecule has 0 radical (unpaired) electrons. The van der Waals surface area contributed by atoms with Crippen LogP contribution in [0.2, 0.25) is 0 Å². The normalized spacial score (nSPS) is 26.6. The third-order valence-electron chi connectivity index (χ3n) is 4.39. The summed E-state index contributed by atoms with van der Waals surface area (Å²) < 4.78 is 6.01. The SMILES string of the molecule is CC1CCC(Oc2nc3ccccc3nc2N)CC1C. The van der Waals surface area contributed by atoms with Crippen LogP contribution in [-0.2, 0) is 0 Å². The summed E-state index contributed by atoms with van der Waals surface area (Å²) >= 11 is 0. The summed E-state index contributed by atoms with van der Waals surface area (Å²) in [6, 6.07) is 7.72. The summed E-state index contributed by atoms with van der Waals surface area (Å²) in [7, 11) is 0. The molecule has 0 spiro atoms. The fraction of sp³-hybridized carbons (Fsp3) is 0.500. The van der Waals surface area contributed by atoms with E-state index in [9.17, 15) is 0 Å². The Morgan fingerprint density at radius 3 is 2.45 bits per heavy atom. The molecule has 0 saturated heterocycles. The molecule has 20 heavy (non-hydrogen) atoms. The molecule has 1 saturated carbocycles. The third kappa shape index (κ3) is 2.55. The third-order valence-corrected chi connectivity index (χ3v) is 4.39. The van der Waals surface area contributed by atoms with Gasteiger partial charge in [-0.3, -0.25) is 0 Å². The molecule has 106 valence electrons. The smallest absolute Gasteiger partial charge is 0.258 e. The van der Waals surface area contributed by atoms with Gasteiger partial charge in [-0.2, -0.15) is 0 Å². The summed E-state index contributed by atoms with van der Waals surface area (Å²) in [5.74, 6) is 2.32. The first kappa shape index (κ1) is 13.2. The molecule has 0 amide bonds. The number of anilines is 1. The highest BCUT2D eigenvalue weighted by Crippen LogP contribution is 2.32. The molecule has 1 aliphatic rings. The number of fused-ring (bicyclic) bond motifs is 1. The Balaban J connectivity index is 1.82. The highest BCUT2D eigenvalue weighted by molar-refractivity contribution is 5.76. The molecule has 0 aliphatic heterocycles. The van der Waals surface area contributed by atoms with Crippen LogP contribution >= 0.6 is 0 Å². The molecule has 4 nitrogen and oxygen atoms in total. The van der Waals surface area contributed by atoms with Crippen LogP contribution in [0.25, 0.3) is 11.0 Å². The molecule has 3 atom stereocenters. The van der Waals surface area contributed by atoms with E-state index in [-0.39, 0.29) is 6.10 Å². The molecular formula is C16H21N3O. The molecule has 0 bridgehead atoms. The fourth-order valence-electron chi connectivity index (χ4n) is 2.85. The van der Waals surface area contributed by atoms with Crippen LogP contribution in [0.1, 0.15) is 33.1 Å². The van der Waals surface area contributed by atoms with E-state index in [2.05, 4.69) is 23.8 Å². The van der Waals surface area contributed by atoms with Gasteiger partial charge in [-0.1, -0.05) is 26.0 Å². The van der Waals surface area contributed by atoms with Crippen molar-refractivity contribution >= 4 is 16.9 Å². The van der Waals surface area contributed by atoms with Crippen LogP contribution in [0.4, 0.5) is 5.82 Å². The Morgan fingerprint density at radius 1 is 1.05 bits per heavy atom. The summed E-state index contributed by atoms with van der Waals surface area (Å²) in [5, 5.41) is 0. The maximum atomic E-state index is 6.01. The second kappa shape index (κ2) is 5.27. The zero-order valence-corrected chi connectivity index (χ0v) is 12.0. The van der Waals surface area contributed by atoms with Crippen LogP contribution < -0.4 is 10.5 Å². The first-order chi connectivity index (χ1) is 9.63. The van der Waals surface area contributed by atoms with Gasteiger partial charge < -0.3 is 10.5 Å². The largest absolute Gasteiger partial charge is 0.472 e. The zero-order valence-electron chi connectivity index (χ0n) is 12.0. The Labute approximate surface area is 119 Å². The molecule has 1 aliphatic carbocycles. The molecular weight excluding hydrogens is 250 g/mol. The lowest BCUT2D eigenvalue weighted by Crippen LogP contribution is -2.29. The molecule has 1 heterocycles. The van der Waals surface area contributed by atoms with Crippen molar-refractivity contribution < 1.29 is 4.74 Å². The van der Waals surface area contributed by atoms with E-state index in [4.69, 9.17) is 10.5 Å². The first-order valence-corrected chi connectivity index (χ1v) is 7.32. The molecule has 2 aromatic rings. The average molecular weight is 271 g/mol. The number of benzene rings is 1. The Bertz CT molecular complexity index is 614. The maximum absolute atomic E-state index is 6.01. The van der Waals surface area contributed by atoms with Gasteiger partial charge in [-0.25, -0.2) is 9.97 Å². The summed E-state index contributed by atoms with van der Waals surface area (Å²) in [6.45, 7) is 4.60. The number of nitrogens with two attached hydrogens (primary N) is 1. The van der Waals surface area contributed by atoms with Gasteiger partial charge in [0.1, 0.15) is 6.10 Å². The monoisotopic (exact) mass is 271 g/mol. The number of aromatic nitrogens is 2. The van der Waals surface area contributed by atoms with E-state index in [1.165, 1.54) is 6.42 Å². The van der Waals surface area contributed by atoms with Crippen LogP contribution in [0.15, 0.2) is 24.3 Å². The molecule has 3 rings (SSSR count). The van der Waals surface area contributed by atoms with Crippen LogP contribution in [0, 0.1) is 11.8 Å². The highest BCUT2D eigenvalue weighted by atomic mass is 16.5. The van der Waals surface area contributed by atoms with Gasteiger partial charge in [0.25, 0.3) is 5.88 Å². The Morgan fingerprint density at radius 2 is 1.75 bits per heavy atom. The molecule has 1 fully saturated rings. The number of nitrogen functional groups attached to an aromatic ring is 1. The molecule has 1 aromatic carbocycles. The van der Waals surface area contributed by atoms with Gasteiger partial charge in [0.15, 0.2) is 5.82 Å². The first-order valence-electron chi connectivity index (χ1n) is 7.32. The second-order valence-electron chi connectivity index (χ2n) is 5.91. The molecule has 4 heteroatoms. The summed E-state index contributed by atoms with van der Waals surface area (Å²) in [5.41, 5.74) is 7.60. The number of ether oxygens (including phenoxy) is 1. The second-order valence-corrected chi connectivity index (χ2v) is 5.91. The lowest BCUT2D eigenvalue weighted by Gasteiger charge is -2.32. The van der Waals surface area contributed by atoms with E-state index in [0.717, 1.165) is 29.8 Å². The maximum Gasteiger partial charge on any atom is 0.258 e. The average Bonchev–Trinajstić information content (AvgIpc) is 2.44. The van der Waals surface area contributed by atoms with E-state index in [0.29, 0.717) is 17.6 Å². The predicted molar refractivity (Wildman–Crippen MR) is 80.5 cm³/mol. The van der Waals surface area contributed by atoms with Crippen molar-refractivity contribution in [3.63, 3.8) is 0 Å². The number of rotatable bonds is 2. The minimum absolute atomic E-state index is 0.207. The quantitative estimate of drug-likeness (QED) is 0.909. The van der Waals surface area contributed by atoms with Crippen LogP contribution in [-0.4, -0.2) is 16.1 Å². The van der Waals surface area contributed by atoms with Crippen molar-refractivity contribution in [1.82, 2.24) is 9.97 Å². The Hall–Kier alpha value is -1.84. The highest BCUT2D eigenvalue weighted by Gasteiger charge is 2.26. The van der Waals surface area contributed by atoms with E-state index >= 15 is 0 Å². The number of para-hydroxylation sites is 2. The van der Waals surface area contributed by atoms with Crippen LogP contribution in [0.5, 0.6) is 5.88 Å². The van der Waals surface area contributed by atoms with Crippen molar-refractivity contribution in [3.05, 3.63) is 24.3 Å². The van der Waals surface area contributed by atoms with E-state index in [1.807, 2.05) is 24.3 Å². The van der Waals surface area contributed by atoms with Gasteiger partial charge in [0.05, 0.1) is 11.0 Å². The minimum atomic E-state index is 0.207. The summed E-state index contributed by atoms with van der Waals surface area (Å²) in [6.07, 6.45) is 3.54. The van der Waals surface area contributed by atoms with Crippen LogP contribution in [0.3, 0.4) is 0 Å². The van der Waals surface area contributed by atoms with Crippen molar-refractivity contribution in [1.29, 1.82) is 0 Å². The standard InChI is InChI=1S/C16H21N3O/c1-10-7-8-12(9-11(10)2)20-16-15(17)18-13-5-3-4-6-14(13)19-16/h3-6,10-12H,7-9H2,1-2H3,(H2,17,18). The Kier molecular flexibility index (Phi) is 3.47. The van der Waals surface area contributed by atoms with Gasteiger partial charge in [-0.05, 0) is 43.2 Å². The lowest BCUT2D eigenvalue weighted by molar-refractivity contribution is 0.0972. The van der Waals surface area contributed by atoms with E-state index in [1.54, 1.807) is 0 Å². The van der Waals surface area contributed by atoms with Crippen molar-refractivity contribution in [3.8, 4) is 5.88 Å². The number of hydrogen-bond donors (Lipinski definition) is 1. The fourth-order valence-corrected chi connectivity index (χ4v) is 2.85. The molecule has 2 N–H and O–H groups in total. The minimum Gasteiger partial charge on any atom is -0.472 e. The number of hydrogen-bond acceptors (Lipinski definition) is 4. The van der Waals surface area contributed by atoms with Gasteiger partial charge in [-0.15, -0.1) is 0 Å². The van der Waals surface area contributed by atoms with Gasteiger partial charge in [0.2, 0.25) is 0 Å². The van der Waals surface area contributed by atoms with E-state index < -0.39 is 0 Å². The van der Waals surface area contributed by atoms with Crippen molar-refractivity contribution in [2.45, 2.75) is 39.2 Å². The lowest BCUT2D eigenvalue weighted by atomic mass is 9.80. The van der Waals surface area contributed by atoms with Crippen molar-refractivity contribution in [2.24, 2.45) is 11.8 Å². The zero-order chi connectivity index (χ0) is 14.1. The molecule has 1 aromatic heterocycles. The molecule has 3 unspecified atom stereocenters. The predicted octanol–water partition coefficient (Wildman–Crippen LogP) is 3.42. The van der Waals surface area contributed by atoms with Crippen molar-refractivity contribution in [2.75, 3.05) is 5.73 Å². The number of nitrogens with zero attached hydrogens (tertiary/aromatic N) is 2. The topological polar surface area (TPSA) is 61.0 Å². The van der Waals surface area contributed by atoms with Gasteiger partial charge in [0, 0.05) is 0 Å². The van der Waals surface area contributed by atoms with Gasteiger partial charge >= 0.3 is 0 Å². The summed E-state index contributed by atoms with van der Waals surface area (Å²) in [4.78, 5) is 8.87.